The molecule has 3 unspecified atom stereocenters. The van der Waals surface area contributed by atoms with E-state index in [0.29, 0.717) is 42.0 Å². The molecule has 9 heteroatoms. The largest absolute Gasteiger partial charge is 0.481 e. The number of likely N-dealkylation sites (tertiary alicyclic amines) is 1. The van der Waals surface area contributed by atoms with Crippen molar-refractivity contribution in [1.82, 2.24) is 20.2 Å². The summed E-state index contributed by atoms with van der Waals surface area (Å²) in [6, 6.07) is 3.41. The molecule has 4 rings (SSSR count). The number of nitrogens with one attached hydrogen (secondary N) is 1. The summed E-state index contributed by atoms with van der Waals surface area (Å²) in [5.41, 5.74) is 1.16. The number of nitrogens with zero attached hydrogens (tertiary/aromatic N) is 3. The molecular formula is C22H29FN4O4. The first-order chi connectivity index (χ1) is 14.7. The first kappa shape index (κ1) is 21.7. The molecule has 0 aliphatic carbocycles. The van der Waals surface area contributed by atoms with Gasteiger partial charge in [0.15, 0.2) is 0 Å². The zero-order chi connectivity index (χ0) is 22.2. The molecule has 31 heavy (non-hydrogen) atoms. The van der Waals surface area contributed by atoms with E-state index < -0.39 is 11.7 Å². The predicted octanol–water partition coefficient (Wildman–Crippen LogP) is 2.69. The van der Waals surface area contributed by atoms with E-state index in [-0.39, 0.29) is 24.1 Å². The number of carbonyl (C=O) groups excluding carboxylic acids is 1. The summed E-state index contributed by atoms with van der Waals surface area (Å²) in [6.07, 6.45) is 1.99. The van der Waals surface area contributed by atoms with Gasteiger partial charge in [0.25, 0.3) is 0 Å². The number of hydrogen-bond donors (Lipinski definition) is 1. The van der Waals surface area contributed by atoms with Gasteiger partial charge in [0, 0.05) is 31.3 Å². The van der Waals surface area contributed by atoms with Crippen LogP contribution in [0.5, 0.6) is 5.88 Å². The quantitative estimate of drug-likeness (QED) is 0.777. The van der Waals surface area contributed by atoms with E-state index in [9.17, 15) is 9.18 Å². The summed E-state index contributed by atoms with van der Waals surface area (Å²) in [6.45, 7) is 7.58. The number of alkyl carbamates (subject to hydrolysis) is 1. The van der Waals surface area contributed by atoms with Gasteiger partial charge in [0.05, 0.1) is 42.6 Å². The Kier molecular flexibility index (Phi) is 5.98. The number of rotatable bonds is 5. The van der Waals surface area contributed by atoms with Crippen LogP contribution < -0.4 is 10.1 Å². The van der Waals surface area contributed by atoms with Crippen molar-refractivity contribution in [2.45, 2.75) is 57.5 Å². The van der Waals surface area contributed by atoms with Crippen molar-refractivity contribution in [3.8, 4) is 5.88 Å². The third kappa shape index (κ3) is 5.04. The molecule has 168 valence electrons. The van der Waals surface area contributed by atoms with Crippen LogP contribution in [0.3, 0.4) is 0 Å². The highest BCUT2D eigenvalue weighted by Gasteiger charge is 2.42. The molecule has 2 aliphatic heterocycles. The molecule has 2 fully saturated rings. The van der Waals surface area contributed by atoms with Crippen LogP contribution in [0.25, 0.3) is 11.0 Å². The van der Waals surface area contributed by atoms with Crippen molar-refractivity contribution in [3.63, 3.8) is 0 Å². The lowest BCUT2D eigenvalue weighted by Gasteiger charge is -2.33. The highest BCUT2D eigenvalue weighted by Crippen LogP contribution is 2.28. The Labute approximate surface area is 181 Å². The fourth-order valence-corrected chi connectivity index (χ4v) is 4.23. The Hall–Kier alpha value is -2.52. The first-order valence-corrected chi connectivity index (χ1v) is 10.6. The SMILES string of the molecule is COc1ccc2ncc(F)c(CCN3CC4CC(NC(=O)OC(C)(C)C)C(C3)O4)c2n1. The molecule has 0 aromatic carbocycles. The average molecular weight is 432 g/mol. The number of carbonyl (C=O) groups is 1. The molecule has 0 saturated carbocycles. The number of fused-ring (bicyclic) bond motifs is 3. The van der Waals surface area contributed by atoms with Gasteiger partial charge in [-0.2, -0.15) is 0 Å². The number of ether oxygens (including phenoxy) is 3. The molecule has 2 bridgehead atoms. The van der Waals surface area contributed by atoms with Crippen molar-refractivity contribution in [2.24, 2.45) is 0 Å². The lowest BCUT2D eigenvalue weighted by atomic mass is 10.1. The van der Waals surface area contributed by atoms with Crippen LogP contribution in [0.4, 0.5) is 9.18 Å². The van der Waals surface area contributed by atoms with Crippen LogP contribution in [-0.2, 0) is 15.9 Å². The monoisotopic (exact) mass is 432 g/mol. The van der Waals surface area contributed by atoms with Gasteiger partial charge >= 0.3 is 6.09 Å². The number of aromatic nitrogens is 2. The van der Waals surface area contributed by atoms with Gasteiger partial charge in [-0.15, -0.1) is 0 Å². The second-order valence-electron chi connectivity index (χ2n) is 9.10. The molecule has 2 aromatic rings. The van der Waals surface area contributed by atoms with Gasteiger partial charge in [-0.1, -0.05) is 0 Å². The van der Waals surface area contributed by atoms with E-state index in [1.54, 1.807) is 12.1 Å². The first-order valence-electron chi connectivity index (χ1n) is 10.6. The Morgan fingerprint density at radius 1 is 1.35 bits per heavy atom. The van der Waals surface area contributed by atoms with E-state index in [4.69, 9.17) is 14.2 Å². The summed E-state index contributed by atoms with van der Waals surface area (Å²) in [5.74, 6) is 0.0654. The molecule has 2 aliphatic rings. The van der Waals surface area contributed by atoms with Crippen molar-refractivity contribution in [1.29, 1.82) is 0 Å². The van der Waals surface area contributed by atoms with Crippen LogP contribution in [0.2, 0.25) is 0 Å². The smallest absolute Gasteiger partial charge is 0.407 e. The minimum atomic E-state index is -0.543. The molecule has 3 atom stereocenters. The van der Waals surface area contributed by atoms with Crippen molar-refractivity contribution >= 4 is 17.1 Å². The third-order valence-corrected chi connectivity index (χ3v) is 5.56. The Morgan fingerprint density at radius 3 is 2.90 bits per heavy atom. The van der Waals surface area contributed by atoms with Crippen molar-refractivity contribution in [3.05, 3.63) is 29.7 Å². The highest BCUT2D eigenvalue weighted by atomic mass is 19.1. The number of morpholine rings is 1. The molecule has 2 aromatic heterocycles. The van der Waals surface area contributed by atoms with E-state index in [1.165, 1.54) is 13.3 Å². The number of hydrogen-bond acceptors (Lipinski definition) is 7. The molecule has 1 amide bonds. The normalized spacial score (nSPS) is 23.7. The molecule has 4 heterocycles. The number of pyridine rings is 2. The maximum Gasteiger partial charge on any atom is 0.407 e. The third-order valence-electron chi connectivity index (χ3n) is 5.56. The maximum absolute atomic E-state index is 14.6. The number of methoxy groups -OCH3 is 1. The highest BCUT2D eigenvalue weighted by molar-refractivity contribution is 5.78. The van der Waals surface area contributed by atoms with Crippen LogP contribution >= 0.6 is 0 Å². The van der Waals surface area contributed by atoms with Gasteiger partial charge in [-0.25, -0.2) is 14.2 Å². The second kappa shape index (κ2) is 8.55. The van der Waals surface area contributed by atoms with Crippen LogP contribution in [0.1, 0.15) is 32.8 Å². The maximum atomic E-state index is 14.6. The van der Waals surface area contributed by atoms with E-state index >= 15 is 0 Å². The summed E-state index contributed by atoms with van der Waals surface area (Å²) < 4.78 is 31.1. The van der Waals surface area contributed by atoms with Crippen LogP contribution in [-0.4, -0.2) is 71.6 Å². The molecule has 1 N–H and O–H groups in total. The molecular weight excluding hydrogens is 403 g/mol. The summed E-state index contributed by atoms with van der Waals surface area (Å²) in [7, 11) is 1.53. The van der Waals surface area contributed by atoms with Gasteiger partial charge < -0.3 is 19.5 Å². The topological polar surface area (TPSA) is 85.8 Å². The molecule has 0 radical (unpaired) electrons. The van der Waals surface area contributed by atoms with Gasteiger partial charge in [0.1, 0.15) is 11.4 Å². The Morgan fingerprint density at radius 2 is 2.16 bits per heavy atom. The van der Waals surface area contributed by atoms with Gasteiger partial charge in [0.2, 0.25) is 5.88 Å². The Bertz CT molecular complexity index is 964. The lowest BCUT2D eigenvalue weighted by molar-refractivity contribution is -0.0427. The van der Waals surface area contributed by atoms with Gasteiger partial charge in [-0.3, -0.25) is 9.88 Å². The zero-order valence-electron chi connectivity index (χ0n) is 18.4. The standard InChI is InChI=1S/C22H29FN4O4/c1-22(2,3)31-21(28)25-17-9-13-11-27(12-18(17)30-13)8-7-14-15(23)10-24-16-5-6-19(29-4)26-20(14)16/h5-6,10,13,17-18H,7-9,11-12H2,1-4H3,(H,25,28). The van der Waals surface area contributed by atoms with Crippen molar-refractivity contribution in [2.75, 3.05) is 26.7 Å². The van der Waals surface area contributed by atoms with E-state index in [1.807, 2.05) is 20.8 Å². The van der Waals surface area contributed by atoms with Crippen LogP contribution in [0, 0.1) is 5.82 Å². The lowest BCUT2D eigenvalue weighted by Crippen LogP contribution is -2.49. The van der Waals surface area contributed by atoms with Gasteiger partial charge in [-0.05, 0) is 39.7 Å². The summed E-state index contributed by atoms with van der Waals surface area (Å²) in [5, 5.41) is 2.94. The molecule has 8 nitrogen and oxygen atoms in total. The Balaban J connectivity index is 1.40. The fraction of sp³-hybridized carbons (Fsp3) is 0.591. The summed E-state index contributed by atoms with van der Waals surface area (Å²) >= 11 is 0. The second-order valence-corrected chi connectivity index (χ2v) is 9.10. The zero-order valence-corrected chi connectivity index (χ0v) is 18.4. The number of amides is 1. The van der Waals surface area contributed by atoms with Crippen molar-refractivity contribution < 1.29 is 23.4 Å². The molecule has 2 saturated heterocycles. The van der Waals surface area contributed by atoms with E-state index in [0.717, 1.165) is 13.0 Å². The fourth-order valence-electron chi connectivity index (χ4n) is 4.23. The molecule has 0 spiro atoms. The minimum Gasteiger partial charge on any atom is -0.481 e. The van der Waals surface area contributed by atoms with Crippen LogP contribution in [0.15, 0.2) is 18.3 Å². The van der Waals surface area contributed by atoms with E-state index in [2.05, 4.69) is 20.2 Å². The number of halogens is 1. The predicted molar refractivity (Wildman–Crippen MR) is 113 cm³/mol. The average Bonchev–Trinajstić information content (AvgIpc) is 2.98. The minimum absolute atomic E-state index is 0.0379. The summed E-state index contributed by atoms with van der Waals surface area (Å²) in [4.78, 5) is 22.9.